The number of methoxy groups -OCH3 is 1. The Kier molecular flexibility index (Phi) is 8.30. The first kappa shape index (κ1) is 36.6. The molecule has 2 N–H and O–H groups in total. The number of nitrogens with two attached hydrogens (primary N) is 1. The van der Waals surface area contributed by atoms with Gasteiger partial charge in [0, 0.05) is 53.7 Å². The predicted molar refractivity (Wildman–Crippen MR) is 199 cm³/mol. The fourth-order valence-corrected chi connectivity index (χ4v) is 12.1. The number of piperidine rings is 1. The van der Waals surface area contributed by atoms with Gasteiger partial charge in [0.1, 0.15) is 21.8 Å². The molecule has 2 aliphatic heterocycles. The first-order valence-electron chi connectivity index (χ1n) is 17.8. The maximum absolute atomic E-state index is 14.4. The SMILES string of the molecule is COc1cc(C(=O)N2CC3CCC2C3(N)S(=O)(=O)c2ccc(Br)cc2)cc2nc(-c3cc4cccnc4n3CC3CC3)n(C3CN(S(=O)(=O)C(F)(F)F)C3)c12. The first-order chi connectivity index (χ1) is 26.0. The van der Waals surface area contributed by atoms with Crippen LogP contribution in [0.5, 0.6) is 5.75 Å². The monoisotopic (exact) mass is 861 g/mol. The molecule has 4 aliphatic rings. The highest BCUT2D eigenvalue weighted by Gasteiger charge is 2.64. The Morgan fingerprint density at radius 3 is 2.42 bits per heavy atom. The van der Waals surface area contributed by atoms with E-state index in [1.54, 1.807) is 35.0 Å². The van der Waals surface area contributed by atoms with Crippen molar-refractivity contribution in [1.82, 2.24) is 28.3 Å². The van der Waals surface area contributed by atoms with E-state index in [2.05, 4.69) is 20.9 Å². The molecule has 2 aliphatic carbocycles. The van der Waals surface area contributed by atoms with Crippen LogP contribution in [0.25, 0.3) is 33.6 Å². The summed E-state index contributed by atoms with van der Waals surface area (Å²) in [6.45, 7) is -0.183. The average Bonchev–Trinajstić information content (AvgIpc) is 3.51. The number of sulfone groups is 1. The molecule has 4 fully saturated rings. The lowest BCUT2D eigenvalue weighted by Gasteiger charge is -2.39. The first-order valence-corrected chi connectivity index (χ1v) is 21.5. The molecule has 5 aromatic rings. The number of nitrogens with zero attached hydrogens (tertiary/aromatic N) is 6. The molecule has 2 aromatic carbocycles. The molecule has 9 rings (SSSR count). The molecule has 2 saturated carbocycles. The summed E-state index contributed by atoms with van der Waals surface area (Å²) in [4.78, 5) is 23.9. The summed E-state index contributed by atoms with van der Waals surface area (Å²) in [7, 11) is -8.25. The van der Waals surface area contributed by atoms with Gasteiger partial charge in [-0.3, -0.25) is 4.79 Å². The average molecular weight is 863 g/mol. The van der Waals surface area contributed by atoms with Crippen LogP contribution in [0.3, 0.4) is 0 Å². The largest absolute Gasteiger partial charge is 0.511 e. The quantitative estimate of drug-likeness (QED) is 0.207. The van der Waals surface area contributed by atoms with Gasteiger partial charge in [0.2, 0.25) is 0 Å². The molecule has 2 bridgehead atoms. The van der Waals surface area contributed by atoms with Crippen molar-refractivity contribution in [2.45, 2.75) is 59.6 Å². The second-order valence-electron chi connectivity index (χ2n) is 14.8. The smallest absolute Gasteiger partial charge is 0.494 e. The molecule has 3 aromatic heterocycles. The lowest BCUT2D eigenvalue weighted by molar-refractivity contribution is -0.0519. The van der Waals surface area contributed by atoms with Crippen molar-refractivity contribution < 1.29 is 39.5 Å². The molecule has 3 unspecified atom stereocenters. The number of pyridine rings is 1. The van der Waals surface area contributed by atoms with Crippen molar-refractivity contribution in [1.29, 1.82) is 0 Å². The number of imidazole rings is 1. The fourth-order valence-electron chi connectivity index (χ4n) is 8.63. The molecule has 2 saturated heterocycles. The highest BCUT2D eigenvalue weighted by molar-refractivity contribution is 9.10. The number of alkyl halides is 3. The lowest BCUT2D eigenvalue weighted by atomic mass is 10.1. The van der Waals surface area contributed by atoms with Crippen LogP contribution in [0, 0.1) is 11.8 Å². The number of ether oxygens (including phenoxy) is 1. The predicted octanol–water partition coefficient (Wildman–Crippen LogP) is 5.30. The standard InChI is InChI=1S/C36H35BrF3N7O6S2/c1-53-29-15-22(34(48)46-17-23-6-11-30(46)35(23,41)54(49,50)26-9-7-24(37)8-10-26)13-27-31(29)47(25-18-44(19-25)55(51,52)36(38,39)40)33(43-27)28-14-21-3-2-12-42-32(21)45(28)16-20-4-5-20/h2-3,7-10,12-15,20,23,25,30H,4-6,11,16-19,41H2,1H3. The summed E-state index contributed by atoms with van der Waals surface area (Å²) >= 11 is 3.34. The number of benzene rings is 2. The highest BCUT2D eigenvalue weighted by Crippen LogP contribution is 2.50. The Labute approximate surface area is 322 Å². The van der Waals surface area contributed by atoms with Crippen LogP contribution in [0.4, 0.5) is 13.2 Å². The van der Waals surface area contributed by atoms with Crippen molar-refractivity contribution >= 4 is 63.8 Å². The lowest BCUT2D eigenvalue weighted by Crippen LogP contribution is -2.57. The van der Waals surface area contributed by atoms with Gasteiger partial charge in [-0.2, -0.15) is 17.5 Å². The minimum atomic E-state index is -5.57. The Morgan fingerprint density at radius 2 is 1.75 bits per heavy atom. The van der Waals surface area contributed by atoms with Gasteiger partial charge < -0.3 is 24.5 Å². The van der Waals surface area contributed by atoms with Crippen molar-refractivity contribution in [3.8, 4) is 17.3 Å². The molecular weight excluding hydrogens is 827 g/mol. The topological polar surface area (TPSA) is 163 Å². The molecule has 19 heteroatoms. The number of fused-ring (bicyclic) bond motifs is 4. The number of sulfonamides is 1. The summed E-state index contributed by atoms with van der Waals surface area (Å²) in [6.07, 6.45) is 4.65. The van der Waals surface area contributed by atoms with E-state index in [0.717, 1.165) is 18.2 Å². The van der Waals surface area contributed by atoms with Gasteiger partial charge in [-0.15, -0.1) is 0 Å². The van der Waals surface area contributed by atoms with Crippen LogP contribution >= 0.6 is 15.9 Å². The van der Waals surface area contributed by atoms with Gasteiger partial charge in [-0.25, -0.2) is 26.8 Å². The molecule has 3 atom stereocenters. The maximum atomic E-state index is 14.4. The third-order valence-corrected chi connectivity index (χ3v) is 16.2. The van der Waals surface area contributed by atoms with Crippen LogP contribution in [0.2, 0.25) is 0 Å². The molecule has 290 valence electrons. The van der Waals surface area contributed by atoms with E-state index in [1.807, 2.05) is 16.7 Å². The van der Waals surface area contributed by atoms with Crippen molar-refractivity contribution in [3.05, 3.63) is 70.8 Å². The number of hydrogen-bond acceptors (Lipinski definition) is 9. The van der Waals surface area contributed by atoms with Crippen LogP contribution < -0.4 is 10.5 Å². The van der Waals surface area contributed by atoms with E-state index in [0.29, 0.717) is 56.8 Å². The number of halogens is 4. The number of carbonyl (C=O) groups is 1. The highest BCUT2D eigenvalue weighted by atomic mass is 79.9. The number of hydrogen-bond donors (Lipinski definition) is 1. The van der Waals surface area contributed by atoms with Crippen LogP contribution in [0.1, 0.15) is 42.1 Å². The van der Waals surface area contributed by atoms with Gasteiger partial charge in [0.25, 0.3) is 5.91 Å². The van der Waals surface area contributed by atoms with Crippen molar-refractivity contribution in [3.63, 3.8) is 0 Å². The number of amides is 1. The zero-order valence-electron chi connectivity index (χ0n) is 29.3. The second-order valence-corrected chi connectivity index (χ2v) is 19.9. The molecule has 5 heterocycles. The van der Waals surface area contributed by atoms with Gasteiger partial charge in [0.15, 0.2) is 15.7 Å². The normalized spacial score (nSPS) is 23.6. The third kappa shape index (κ3) is 5.47. The Balaban J connectivity index is 1.15. The number of likely N-dealkylation sites (tertiary alicyclic amines) is 1. The van der Waals surface area contributed by atoms with Crippen LogP contribution in [-0.4, -0.2) is 94.2 Å². The fraction of sp³-hybridized carbons (Fsp3) is 0.417. The van der Waals surface area contributed by atoms with Crippen LogP contribution in [-0.2, 0) is 26.4 Å². The molecule has 55 heavy (non-hydrogen) atoms. The Bertz CT molecular complexity index is 2620. The van der Waals surface area contributed by atoms with E-state index in [9.17, 15) is 34.8 Å². The molecule has 13 nitrogen and oxygen atoms in total. The van der Waals surface area contributed by atoms with Gasteiger partial charge >= 0.3 is 15.5 Å². The van der Waals surface area contributed by atoms with E-state index >= 15 is 0 Å². The summed E-state index contributed by atoms with van der Waals surface area (Å²) < 4.78 is 104. The molecule has 0 spiro atoms. The Morgan fingerprint density at radius 1 is 1.02 bits per heavy atom. The minimum Gasteiger partial charge on any atom is -0.494 e. The van der Waals surface area contributed by atoms with E-state index in [1.165, 1.54) is 30.2 Å². The van der Waals surface area contributed by atoms with Gasteiger partial charge in [-0.05, 0) is 86.2 Å². The number of aromatic nitrogens is 4. The number of rotatable bonds is 9. The Hall–Kier alpha value is -4.04. The zero-order valence-corrected chi connectivity index (χ0v) is 32.5. The van der Waals surface area contributed by atoms with Gasteiger partial charge in [-0.1, -0.05) is 15.9 Å². The maximum Gasteiger partial charge on any atom is 0.511 e. The van der Waals surface area contributed by atoms with Crippen LogP contribution in [0.15, 0.2) is 70.2 Å². The minimum absolute atomic E-state index is 0.0671. The summed E-state index contributed by atoms with van der Waals surface area (Å²) in [5.41, 5.74) is 3.54. The van der Waals surface area contributed by atoms with Crippen molar-refractivity contribution in [2.75, 3.05) is 26.7 Å². The summed E-state index contributed by atoms with van der Waals surface area (Å²) in [5, 5.41) is 0.821. The zero-order chi connectivity index (χ0) is 38.8. The van der Waals surface area contributed by atoms with Gasteiger partial charge in [0.05, 0.1) is 35.3 Å². The molecular formula is C36H35BrF3N7O6S2. The molecule has 0 radical (unpaired) electrons. The van der Waals surface area contributed by atoms with Crippen molar-refractivity contribution in [2.24, 2.45) is 17.6 Å². The van der Waals surface area contributed by atoms with E-state index < -0.39 is 67.2 Å². The second kappa shape index (κ2) is 12.5. The van der Waals surface area contributed by atoms with E-state index in [4.69, 9.17) is 15.5 Å². The summed E-state index contributed by atoms with van der Waals surface area (Å²) in [6, 6.07) is 13.3. The summed E-state index contributed by atoms with van der Waals surface area (Å²) in [5.74, 6) is -0.0365. The molecule has 1 amide bonds. The van der Waals surface area contributed by atoms with E-state index in [-0.39, 0.29) is 28.3 Å². The third-order valence-electron chi connectivity index (χ3n) is 11.7. The number of carbonyl (C=O) groups excluding carboxylic acids is 1.